The van der Waals surface area contributed by atoms with Gasteiger partial charge in [0.25, 0.3) is 11.8 Å². The number of nitrogens with one attached hydrogen (secondary N) is 3. The standard InChI is InChI=1S/C16H17N3O4S/c1-11-6-3-4-9-14(11)16(21)18-17-15(20)12-7-5-8-13(10-12)19-24(2,22)23/h3-10,19H,1-2H3,(H,17,20)(H,18,21). The van der Waals surface area contributed by atoms with Crippen LogP contribution in [0.25, 0.3) is 0 Å². The van der Waals surface area contributed by atoms with Gasteiger partial charge in [-0.15, -0.1) is 0 Å². The van der Waals surface area contributed by atoms with Crippen LogP contribution in [-0.2, 0) is 10.0 Å². The normalized spacial score (nSPS) is 10.8. The van der Waals surface area contributed by atoms with E-state index in [4.69, 9.17) is 0 Å². The lowest BCUT2D eigenvalue weighted by Gasteiger charge is -2.10. The van der Waals surface area contributed by atoms with Gasteiger partial charge in [-0.3, -0.25) is 25.2 Å². The van der Waals surface area contributed by atoms with Crippen LogP contribution in [-0.4, -0.2) is 26.5 Å². The zero-order valence-corrected chi connectivity index (χ0v) is 14.0. The van der Waals surface area contributed by atoms with Gasteiger partial charge in [0.2, 0.25) is 10.0 Å². The molecule has 2 aromatic carbocycles. The molecule has 2 amide bonds. The molecule has 126 valence electrons. The molecule has 3 N–H and O–H groups in total. The van der Waals surface area contributed by atoms with Crippen LogP contribution >= 0.6 is 0 Å². The predicted molar refractivity (Wildman–Crippen MR) is 91.0 cm³/mol. The molecule has 8 heteroatoms. The summed E-state index contributed by atoms with van der Waals surface area (Å²) in [7, 11) is -3.44. The van der Waals surface area contributed by atoms with Gasteiger partial charge in [0.1, 0.15) is 0 Å². The molecular formula is C16H17N3O4S. The van der Waals surface area contributed by atoms with Gasteiger partial charge in [-0.05, 0) is 36.8 Å². The van der Waals surface area contributed by atoms with Crippen molar-refractivity contribution in [1.82, 2.24) is 10.9 Å². The molecule has 0 atom stereocenters. The van der Waals surface area contributed by atoms with Gasteiger partial charge in [-0.2, -0.15) is 0 Å². The summed E-state index contributed by atoms with van der Waals surface area (Å²) in [5.74, 6) is -0.999. The number of hydrazine groups is 1. The van der Waals surface area contributed by atoms with Crippen molar-refractivity contribution < 1.29 is 18.0 Å². The third-order valence-electron chi connectivity index (χ3n) is 3.11. The number of hydrogen-bond donors (Lipinski definition) is 3. The van der Waals surface area contributed by atoms with E-state index in [2.05, 4.69) is 15.6 Å². The fourth-order valence-corrected chi connectivity index (χ4v) is 2.57. The number of sulfonamides is 1. The average molecular weight is 347 g/mol. The molecule has 7 nitrogen and oxygen atoms in total. The second kappa shape index (κ2) is 7.14. The van der Waals surface area contributed by atoms with E-state index in [0.29, 0.717) is 5.56 Å². The highest BCUT2D eigenvalue weighted by molar-refractivity contribution is 7.92. The van der Waals surface area contributed by atoms with Crippen molar-refractivity contribution >= 4 is 27.5 Å². The van der Waals surface area contributed by atoms with Gasteiger partial charge in [-0.1, -0.05) is 24.3 Å². The summed E-state index contributed by atoms with van der Waals surface area (Å²) in [6.07, 6.45) is 1.02. The van der Waals surface area contributed by atoms with Crippen LogP contribution in [0.15, 0.2) is 48.5 Å². The Kier molecular flexibility index (Phi) is 5.20. The summed E-state index contributed by atoms with van der Waals surface area (Å²) < 4.78 is 24.7. The Morgan fingerprint density at radius 1 is 0.917 bits per heavy atom. The number of aryl methyl sites for hydroxylation is 1. The molecule has 0 unspecified atom stereocenters. The molecule has 0 radical (unpaired) electrons. The summed E-state index contributed by atoms with van der Waals surface area (Å²) in [5.41, 5.74) is 6.32. The Balaban J connectivity index is 2.04. The Bertz CT molecular complexity index is 878. The average Bonchev–Trinajstić information content (AvgIpc) is 2.51. The molecule has 0 aliphatic heterocycles. The van der Waals surface area contributed by atoms with Crippen LogP contribution in [0.5, 0.6) is 0 Å². The molecule has 0 fully saturated rings. The first kappa shape index (κ1) is 17.5. The summed E-state index contributed by atoms with van der Waals surface area (Å²) in [4.78, 5) is 24.1. The smallest absolute Gasteiger partial charge is 0.269 e. The number of hydrogen-bond acceptors (Lipinski definition) is 4. The first-order valence-electron chi connectivity index (χ1n) is 7.00. The van der Waals surface area contributed by atoms with E-state index in [1.165, 1.54) is 24.3 Å². The first-order valence-corrected chi connectivity index (χ1v) is 8.89. The van der Waals surface area contributed by atoms with Crippen LogP contribution in [0.1, 0.15) is 26.3 Å². The quantitative estimate of drug-likeness (QED) is 0.728. The summed E-state index contributed by atoms with van der Waals surface area (Å²) in [5, 5.41) is 0. The van der Waals surface area contributed by atoms with Gasteiger partial charge in [0, 0.05) is 16.8 Å². The van der Waals surface area contributed by atoms with E-state index >= 15 is 0 Å². The van der Waals surface area contributed by atoms with Crippen LogP contribution in [0, 0.1) is 6.92 Å². The van der Waals surface area contributed by atoms with Gasteiger partial charge in [-0.25, -0.2) is 8.42 Å². The SMILES string of the molecule is Cc1ccccc1C(=O)NNC(=O)c1cccc(NS(C)(=O)=O)c1. The van der Waals surface area contributed by atoms with Crippen molar-refractivity contribution in [2.24, 2.45) is 0 Å². The van der Waals surface area contributed by atoms with Crippen LogP contribution in [0.2, 0.25) is 0 Å². The minimum Gasteiger partial charge on any atom is -0.284 e. The molecule has 0 bridgehead atoms. The highest BCUT2D eigenvalue weighted by atomic mass is 32.2. The molecule has 0 saturated heterocycles. The number of benzene rings is 2. The molecule has 0 saturated carbocycles. The lowest BCUT2D eigenvalue weighted by Crippen LogP contribution is -2.41. The maximum absolute atomic E-state index is 12.1. The van der Waals surface area contributed by atoms with E-state index in [1.54, 1.807) is 25.1 Å². The van der Waals surface area contributed by atoms with E-state index in [0.717, 1.165) is 11.8 Å². The summed E-state index contributed by atoms with van der Waals surface area (Å²) in [6, 6.07) is 12.9. The summed E-state index contributed by atoms with van der Waals surface area (Å²) in [6.45, 7) is 1.79. The van der Waals surface area contributed by atoms with Gasteiger partial charge in [0.15, 0.2) is 0 Å². The molecule has 0 aliphatic rings. The Morgan fingerprint density at radius 2 is 1.58 bits per heavy atom. The fourth-order valence-electron chi connectivity index (χ4n) is 2.02. The molecular weight excluding hydrogens is 330 g/mol. The maximum atomic E-state index is 12.1. The molecule has 0 heterocycles. The van der Waals surface area contributed by atoms with E-state index in [9.17, 15) is 18.0 Å². The van der Waals surface area contributed by atoms with E-state index < -0.39 is 21.8 Å². The lowest BCUT2D eigenvalue weighted by atomic mass is 10.1. The third kappa shape index (κ3) is 4.82. The van der Waals surface area contributed by atoms with Crippen LogP contribution in [0.4, 0.5) is 5.69 Å². The van der Waals surface area contributed by atoms with Crippen LogP contribution in [0.3, 0.4) is 0 Å². The predicted octanol–water partition coefficient (Wildman–Crippen LogP) is 1.44. The van der Waals surface area contributed by atoms with Crippen molar-refractivity contribution in [3.63, 3.8) is 0 Å². The third-order valence-corrected chi connectivity index (χ3v) is 3.71. The molecule has 2 rings (SSSR count). The molecule has 0 aromatic heterocycles. The topological polar surface area (TPSA) is 104 Å². The maximum Gasteiger partial charge on any atom is 0.269 e. The lowest BCUT2D eigenvalue weighted by molar-refractivity contribution is 0.0846. The largest absolute Gasteiger partial charge is 0.284 e. The minimum atomic E-state index is -3.44. The number of carbonyl (C=O) groups is 2. The first-order chi connectivity index (χ1) is 11.3. The highest BCUT2D eigenvalue weighted by Gasteiger charge is 2.11. The minimum absolute atomic E-state index is 0.203. The van der Waals surface area contributed by atoms with Crippen LogP contribution < -0.4 is 15.6 Å². The van der Waals surface area contributed by atoms with Crippen molar-refractivity contribution in [3.8, 4) is 0 Å². The van der Waals surface area contributed by atoms with E-state index in [1.807, 2.05) is 6.07 Å². The number of rotatable bonds is 4. The Hall–Kier alpha value is -2.87. The molecule has 0 aliphatic carbocycles. The number of carbonyl (C=O) groups excluding carboxylic acids is 2. The highest BCUT2D eigenvalue weighted by Crippen LogP contribution is 2.12. The summed E-state index contributed by atoms with van der Waals surface area (Å²) >= 11 is 0. The number of anilines is 1. The van der Waals surface area contributed by atoms with Gasteiger partial charge in [0.05, 0.1) is 6.26 Å². The van der Waals surface area contributed by atoms with Crippen molar-refractivity contribution in [2.45, 2.75) is 6.92 Å². The van der Waals surface area contributed by atoms with Crippen molar-refractivity contribution in [3.05, 3.63) is 65.2 Å². The van der Waals surface area contributed by atoms with Gasteiger partial charge < -0.3 is 0 Å². The molecule has 2 aromatic rings. The zero-order chi connectivity index (χ0) is 17.7. The molecule has 0 spiro atoms. The monoisotopic (exact) mass is 347 g/mol. The Labute approximate surface area is 140 Å². The van der Waals surface area contributed by atoms with Gasteiger partial charge >= 0.3 is 0 Å². The van der Waals surface area contributed by atoms with Crippen molar-refractivity contribution in [2.75, 3.05) is 11.0 Å². The fraction of sp³-hybridized carbons (Fsp3) is 0.125. The Morgan fingerprint density at radius 3 is 2.25 bits per heavy atom. The zero-order valence-electron chi connectivity index (χ0n) is 13.2. The number of amides is 2. The second-order valence-electron chi connectivity index (χ2n) is 5.18. The second-order valence-corrected chi connectivity index (χ2v) is 6.93. The van der Waals surface area contributed by atoms with E-state index in [-0.39, 0.29) is 11.3 Å². The molecule has 24 heavy (non-hydrogen) atoms. The van der Waals surface area contributed by atoms with Crippen molar-refractivity contribution in [1.29, 1.82) is 0 Å².